The summed E-state index contributed by atoms with van der Waals surface area (Å²) < 4.78 is 10.2. The quantitative estimate of drug-likeness (QED) is 0.735. The number of rotatable bonds is 8. The highest BCUT2D eigenvalue weighted by Crippen LogP contribution is 2.17. The maximum absolute atomic E-state index is 11.9. The van der Waals surface area contributed by atoms with Gasteiger partial charge in [0.1, 0.15) is 5.75 Å². The van der Waals surface area contributed by atoms with Crippen LogP contribution in [0.4, 0.5) is 5.69 Å². The van der Waals surface area contributed by atoms with E-state index in [-0.39, 0.29) is 19.2 Å². The van der Waals surface area contributed by atoms with Gasteiger partial charge >= 0.3 is 0 Å². The monoisotopic (exact) mass is 300 g/mol. The van der Waals surface area contributed by atoms with Crippen molar-refractivity contribution < 1.29 is 14.3 Å². The summed E-state index contributed by atoms with van der Waals surface area (Å²) in [6.07, 6.45) is 0. The normalized spacial score (nSPS) is 10.2. The van der Waals surface area contributed by atoms with Crippen LogP contribution in [0.3, 0.4) is 0 Å². The fourth-order valence-corrected chi connectivity index (χ4v) is 1.91. The zero-order valence-corrected chi connectivity index (χ0v) is 12.5. The van der Waals surface area contributed by atoms with Gasteiger partial charge in [0.05, 0.1) is 6.54 Å². The summed E-state index contributed by atoms with van der Waals surface area (Å²) in [6, 6.07) is 17.1. The Morgan fingerprint density at radius 3 is 2.68 bits per heavy atom. The standard InChI is InChI=1S/C17H20N2O3/c1-21-13-22-16-9-5-8-15(10-16)19-17(20)12-18-11-14-6-3-2-4-7-14/h2-10,18H,11-13H2,1H3,(H,19,20). The number of methoxy groups -OCH3 is 1. The lowest BCUT2D eigenvalue weighted by atomic mass is 10.2. The van der Waals surface area contributed by atoms with E-state index in [0.29, 0.717) is 18.0 Å². The molecule has 0 saturated heterocycles. The third-order valence-electron chi connectivity index (χ3n) is 2.92. The van der Waals surface area contributed by atoms with Crippen LogP contribution in [0.2, 0.25) is 0 Å². The number of carbonyl (C=O) groups is 1. The average Bonchev–Trinajstić information content (AvgIpc) is 2.54. The summed E-state index contributed by atoms with van der Waals surface area (Å²) in [5.41, 5.74) is 1.84. The Morgan fingerprint density at radius 2 is 1.91 bits per heavy atom. The second-order valence-corrected chi connectivity index (χ2v) is 4.72. The summed E-state index contributed by atoms with van der Waals surface area (Å²) in [6.45, 7) is 1.08. The lowest BCUT2D eigenvalue weighted by Gasteiger charge is -2.09. The van der Waals surface area contributed by atoms with Gasteiger partial charge in [0.2, 0.25) is 5.91 Å². The van der Waals surface area contributed by atoms with E-state index < -0.39 is 0 Å². The van der Waals surface area contributed by atoms with E-state index in [0.717, 1.165) is 5.56 Å². The van der Waals surface area contributed by atoms with Crippen LogP contribution in [0.15, 0.2) is 54.6 Å². The van der Waals surface area contributed by atoms with E-state index in [9.17, 15) is 4.79 Å². The lowest BCUT2D eigenvalue weighted by molar-refractivity contribution is -0.115. The molecule has 22 heavy (non-hydrogen) atoms. The van der Waals surface area contributed by atoms with Crippen molar-refractivity contribution in [2.24, 2.45) is 0 Å². The van der Waals surface area contributed by atoms with Gasteiger partial charge in [0, 0.05) is 25.4 Å². The maximum atomic E-state index is 11.9. The number of carbonyl (C=O) groups excluding carboxylic acids is 1. The van der Waals surface area contributed by atoms with Crippen molar-refractivity contribution in [3.63, 3.8) is 0 Å². The Kier molecular flexibility index (Phi) is 6.41. The first-order valence-corrected chi connectivity index (χ1v) is 7.04. The predicted octanol–water partition coefficient (Wildman–Crippen LogP) is 2.40. The molecule has 2 N–H and O–H groups in total. The number of nitrogens with one attached hydrogen (secondary N) is 2. The molecule has 0 radical (unpaired) electrons. The fraction of sp³-hybridized carbons (Fsp3) is 0.235. The smallest absolute Gasteiger partial charge is 0.238 e. The minimum atomic E-state index is -0.0974. The summed E-state index contributed by atoms with van der Waals surface area (Å²) in [4.78, 5) is 11.9. The van der Waals surface area contributed by atoms with E-state index in [1.807, 2.05) is 48.5 Å². The lowest BCUT2D eigenvalue weighted by Crippen LogP contribution is -2.27. The molecular weight excluding hydrogens is 280 g/mol. The van der Waals surface area contributed by atoms with Crippen LogP contribution in [-0.2, 0) is 16.1 Å². The highest BCUT2D eigenvalue weighted by Gasteiger charge is 2.03. The molecule has 0 fully saturated rings. The molecule has 0 saturated carbocycles. The summed E-state index contributed by atoms with van der Waals surface area (Å²) >= 11 is 0. The Bertz CT molecular complexity index is 587. The molecule has 2 rings (SSSR count). The molecular formula is C17H20N2O3. The van der Waals surface area contributed by atoms with Crippen LogP contribution in [0.1, 0.15) is 5.56 Å². The van der Waals surface area contributed by atoms with Gasteiger partial charge in [0.25, 0.3) is 0 Å². The van der Waals surface area contributed by atoms with Crippen molar-refractivity contribution in [3.05, 3.63) is 60.2 Å². The number of hydrogen-bond acceptors (Lipinski definition) is 4. The average molecular weight is 300 g/mol. The van der Waals surface area contributed by atoms with E-state index in [1.54, 1.807) is 13.2 Å². The molecule has 0 aliphatic rings. The molecule has 1 amide bonds. The van der Waals surface area contributed by atoms with Gasteiger partial charge in [-0.2, -0.15) is 0 Å². The van der Waals surface area contributed by atoms with Crippen LogP contribution in [0.5, 0.6) is 5.75 Å². The number of anilines is 1. The van der Waals surface area contributed by atoms with Crippen molar-refractivity contribution >= 4 is 11.6 Å². The Balaban J connectivity index is 1.77. The van der Waals surface area contributed by atoms with Crippen LogP contribution < -0.4 is 15.4 Å². The van der Waals surface area contributed by atoms with E-state index in [2.05, 4.69) is 10.6 Å². The van der Waals surface area contributed by atoms with Gasteiger partial charge in [-0.1, -0.05) is 36.4 Å². The molecule has 0 aliphatic heterocycles. The molecule has 0 spiro atoms. The van der Waals surface area contributed by atoms with E-state index in [4.69, 9.17) is 9.47 Å². The van der Waals surface area contributed by atoms with Gasteiger partial charge in [0.15, 0.2) is 6.79 Å². The summed E-state index contributed by atoms with van der Waals surface area (Å²) in [5.74, 6) is 0.553. The number of benzene rings is 2. The van der Waals surface area contributed by atoms with Gasteiger partial charge in [-0.25, -0.2) is 0 Å². The minimum absolute atomic E-state index is 0.0974. The van der Waals surface area contributed by atoms with Crippen molar-refractivity contribution in [1.82, 2.24) is 5.32 Å². The van der Waals surface area contributed by atoms with Crippen molar-refractivity contribution in [2.45, 2.75) is 6.54 Å². The van der Waals surface area contributed by atoms with Gasteiger partial charge in [-0.15, -0.1) is 0 Å². The fourth-order valence-electron chi connectivity index (χ4n) is 1.91. The maximum Gasteiger partial charge on any atom is 0.238 e. The third kappa shape index (κ3) is 5.55. The van der Waals surface area contributed by atoms with Crippen molar-refractivity contribution in [2.75, 3.05) is 25.8 Å². The molecule has 5 nitrogen and oxygen atoms in total. The van der Waals surface area contributed by atoms with Gasteiger partial charge in [-0.05, 0) is 17.7 Å². The topological polar surface area (TPSA) is 59.6 Å². The Labute approximate surface area is 130 Å². The Morgan fingerprint density at radius 1 is 1.09 bits per heavy atom. The van der Waals surface area contributed by atoms with Crippen molar-refractivity contribution in [1.29, 1.82) is 0 Å². The second kappa shape index (κ2) is 8.81. The largest absolute Gasteiger partial charge is 0.467 e. The van der Waals surface area contributed by atoms with Gasteiger partial charge in [-0.3, -0.25) is 4.79 Å². The summed E-state index contributed by atoms with van der Waals surface area (Å²) in [5, 5.41) is 5.93. The molecule has 0 heterocycles. The number of hydrogen-bond donors (Lipinski definition) is 2. The third-order valence-corrected chi connectivity index (χ3v) is 2.92. The molecule has 2 aromatic rings. The Hall–Kier alpha value is -2.37. The van der Waals surface area contributed by atoms with Gasteiger partial charge < -0.3 is 20.1 Å². The molecule has 0 atom stereocenters. The zero-order valence-electron chi connectivity index (χ0n) is 12.5. The SMILES string of the molecule is COCOc1cccc(NC(=O)CNCc2ccccc2)c1. The molecule has 0 aliphatic carbocycles. The molecule has 116 valence electrons. The highest BCUT2D eigenvalue weighted by molar-refractivity contribution is 5.92. The van der Waals surface area contributed by atoms with Crippen LogP contribution >= 0.6 is 0 Å². The first kappa shape index (κ1) is 16.0. The molecule has 2 aromatic carbocycles. The van der Waals surface area contributed by atoms with E-state index in [1.165, 1.54) is 0 Å². The van der Waals surface area contributed by atoms with Crippen LogP contribution in [0, 0.1) is 0 Å². The second-order valence-electron chi connectivity index (χ2n) is 4.72. The highest BCUT2D eigenvalue weighted by atomic mass is 16.7. The molecule has 0 bridgehead atoms. The van der Waals surface area contributed by atoms with E-state index >= 15 is 0 Å². The first-order chi connectivity index (χ1) is 10.8. The minimum Gasteiger partial charge on any atom is -0.467 e. The zero-order chi connectivity index (χ0) is 15.6. The van der Waals surface area contributed by atoms with Crippen molar-refractivity contribution in [3.8, 4) is 5.75 Å². The number of amides is 1. The molecule has 0 unspecified atom stereocenters. The molecule has 5 heteroatoms. The van der Waals surface area contributed by atoms with Crippen LogP contribution in [-0.4, -0.2) is 26.4 Å². The predicted molar refractivity (Wildman–Crippen MR) is 85.7 cm³/mol. The summed E-state index contributed by atoms with van der Waals surface area (Å²) in [7, 11) is 1.56. The molecule has 0 aromatic heterocycles. The van der Waals surface area contributed by atoms with Crippen LogP contribution in [0.25, 0.3) is 0 Å². The number of ether oxygens (including phenoxy) is 2. The first-order valence-electron chi connectivity index (χ1n) is 7.04.